The number of nitrogens with zero attached hydrogens (tertiary/aromatic N) is 1. The summed E-state index contributed by atoms with van der Waals surface area (Å²) < 4.78 is 26.8. The number of nitrogens with one attached hydrogen (secondary N) is 1. The zero-order valence-corrected chi connectivity index (χ0v) is 10.8. The first-order valence-electron chi connectivity index (χ1n) is 6.29. The molecule has 0 bridgehead atoms. The molecule has 19 heavy (non-hydrogen) atoms. The van der Waals surface area contributed by atoms with Crippen LogP contribution >= 0.6 is 0 Å². The van der Waals surface area contributed by atoms with Crippen molar-refractivity contribution in [3.8, 4) is 0 Å². The van der Waals surface area contributed by atoms with Gasteiger partial charge in [-0.05, 0) is 30.7 Å². The molecule has 1 aliphatic carbocycles. The van der Waals surface area contributed by atoms with E-state index < -0.39 is 22.2 Å². The average Bonchev–Trinajstić information content (AvgIpc) is 2.27. The summed E-state index contributed by atoms with van der Waals surface area (Å²) in [4.78, 5) is 10.1. The molecule has 0 atom stereocenters. The van der Waals surface area contributed by atoms with E-state index in [9.17, 15) is 18.9 Å². The molecule has 0 spiro atoms. The Labute approximate surface area is 110 Å². The lowest BCUT2D eigenvalue weighted by molar-refractivity contribution is -0.384. The number of anilines is 1. The molecule has 1 fully saturated rings. The van der Waals surface area contributed by atoms with E-state index in [2.05, 4.69) is 19.2 Å². The predicted octanol–water partition coefficient (Wildman–Crippen LogP) is 3.72. The molecule has 1 aliphatic rings. The first-order valence-corrected chi connectivity index (χ1v) is 6.29. The van der Waals surface area contributed by atoms with Crippen molar-refractivity contribution in [2.45, 2.75) is 32.7 Å². The second kappa shape index (κ2) is 5.11. The number of hydrogen-bond acceptors (Lipinski definition) is 3. The molecule has 0 amide bonds. The van der Waals surface area contributed by atoms with Crippen LogP contribution in [0, 0.1) is 33.6 Å². The van der Waals surface area contributed by atoms with Crippen LogP contribution in [0.1, 0.15) is 26.7 Å². The molecular weight excluding hydrogens is 254 g/mol. The number of nitro groups is 1. The zero-order chi connectivity index (χ0) is 14.2. The van der Waals surface area contributed by atoms with Gasteiger partial charge in [-0.1, -0.05) is 13.8 Å². The van der Waals surface area contributed by atoms with Gasteiger partial charge in [0, 0.05) is 12.1 Å². The van der Waals surface area contributed by atoms with Gasteiger partial charge in [-0.15, -0.1) is 0 Å². The maximum atomic E-state index is 13.7. The van der Waals surface area contributed by atoms with Crippen molar-refractivity contribution in [1.29, 1.82) is 0 Å². The van der Waals surface area contributed by atoms with E-state index in [1.807, 2.05) is 0 Å². The molecule has 104 valence electrons. The van der Waals surface area contributed by atoms with Crippen LogP contribution in [0.2, 0.25) is 0 Å². The van der Waals surface area contributed by atoms with Crippen LogP contribution in [0.25, 0.3) is 0 Å². The van der Waals surface area contributed by atoms with Gasteiger partial charge in [0.25, 0.3) is 5.69 Å². The van der Waals surface area contributed by atoms with Crippen LogP contribution in [0.3, 0.4) is 0 Å². The summed E-state index contributed by atoms with van der Waals surface area (Å²) in [6.07, 6.45) is 1.65. The minimum absolute atomic E-state index is 0.0256. The van der Waals surface area contributed by atoms with Gasteiger partial charge >= 0.3 is 0 Å². The third-order valence-corrected chi connectivity index (χ3v) is 3.74. The second-order valence-electron chi connectivity index (χ2n) is 5.33. The lowest BCUT2D eigenvalue weighted by Crippen LogP contribution is -2.38. The van der Waals surface area contributed by atoms with Gasteiger partial charge in [-0.25, -0.2) is 8.78 Å². The van der Waals surface area contributed by atoms with Crippen molar-refractivity contribution in [2.75, 3.05) is 5.32 Å². The SMILES string of the molecule is CC(C)C1CC(Nc2c([N+](=O)[O-])ccc(F)c2F)C1. The quantitative estimate of drug-likeness (QED) is 0.670. The van der Waals surface area contributed by atoms with Crippen molar-refractivity contribution >= 4 is 11.4 Å². The van der Waals surface area contributed by atoms with E-state index in [-0.39, 0.29) is 11.7 Å². The Morgan fingerprint density at radius 3 is 2.53 bits per heavy atom. The average molecular weight is 270 g/mol. The normalized spacial score (nSPS) is 22.2. The maximum Gasteiger partial charge on any atom is 0.295 e. The van der Waals surface area contributed by atoms with Gasteiger partial charge in [-0.3, -0.25) is 10.1 Å². The summed E-state index contributed by atoms with van der Waals surface area (Å²) in [5, 5.41) is 13.6. The van der Waals surface area contributed by atoms with E-state index in [1.165, 1.54) is 0 Å². The molecule has 0 saturated heterocycles. The summed E-state index contributed by atoms with van der Waals surface area (Å²) in [5.74, 6) is -1.19. The van der Waals surface area contributed by atoms with Gasteiger partial charge in [0.1, 0.15) is 0 Å². The largest absolute Gasteiger partial charge is 0.374 e. The minimum atomic E-state index is -1.18. The molecule has 1 N–H and O–H groups in total. The Bertz CT molecular complexity index is 500. The number of rotatable bonds is 4. The molecule has 0 aliphatic heterocycles. The minimum Gasteiger partial charge on any atom is -0.374 e. The highest BCUT2D eigenvalue weighted by molar-refractivity contribution is 5.63. The van der Waals surface area contributed by atoms with Crippen LogP contribution in [0.15, 0.2) is 12.1 Å². The predicted molar refractivity (Wildman–Crippen MR) is 68.0 cm³/mol. The molecule has 2 rings (SSSR count). The topological polar surface area (TPSA) is 55.2 Å². The van der Waals surface area contributed by atoms with E-state index in [0.717, 1.165) is 25.0 Å². The van der Waals surface area contributed by atoms with Crippen LogP contribution in [0.4, 0.5) is 20.2 Å². The van der Waals surface area contributed by atoms with Crippen LogP contribution < -0.4 is 5.32 Å². The number of benzene rings is 1. The third kappa shape index (κ3) is 2.67. The molecule has 0 radical (unpaired) electrons. The van der Waals surface area contributed by atoms with Crippen LogP contribution in [-0.4, -0.2) is 11.0 Å². The highest BCUT2D eigenvalue weighted by Crippen LogP contribution is 2.38. The lowest BCUT2D eigenvalue weighted by Gasteiger charge is -2.38. The Morgan fingerprint density at radius 2 is 2.00 bits per heavy atom. The standard InChI is InChI=1S/C13H16F2N2O2/c1-7(2)8-5-9(6-8)16-13-11(17(18)19)4-3-10(14)12(13)15/h3-4,7-9,16H,5-6H2,1-2H3. The fourth-order valence-corrected chi connectivity index (χ4v) is 2.36. The van der Waals surface area contributed by atoms with E-state index in [1.54, 1.807) is 0 Å². The molecule has 1 aromatic rings. The van der Waals surface area contributed by atoms with E-state index in [4.69, 9.17) is 0 Å². The fourth-order valence-electron chi connectivity index (χ4n) is 2.36. The number of halogens is 2. The summed E-state index contributed by atoms with van der Waals surface area (Å²) in [6, 6.07) is 1.73. The highest BCUT2D eigenvalue weighted by Gasteiger charge is 2.33. The van der Waals surface area contributed by atoms with Gasteiger partial charge in [0.2, 0.25) is 0 Å². The van der Waals surface area contributed by atoms with Crippen LogP contribution in [0.5, 0.6) is 0 Å². The fraction of sp³-hybridized carbons (Fsp3) is 0.538. The Hall–Kier alpha value is -1.72. The molecule has 4 nitrogen and oxygen atoms in total. The van der Waals surface area contributed by atoms with Crippen molar-refractivity contribution in [3.63, 3.8) is 0 Å². The first-order chi connectivity index (χ1) is 8.90. The number of hydrogen-bond donors (Lipinski definition) is 1. The molecular formula is C13H16F2N2O2. The summed E-state index contributed by atoms with van der Waals surface area (Å²) >= 11 is 0. The number of nitro benzene ring substituents is 1. The van der Waals surface area contributed by atoms with Gasteiger partial charge in [0.05, 0.1) is 4.92 Å². The molecule has 0 aromatic heterocycles. The third-order valence-electron chi connectivity index (χ3n) is 3.74. The molecule has 0 heterocycles. The van der Waals surface area contributed by atoms with Crippen molar-refractivity contribution < 1.29 is 13.7 Å². The molecule has 6 heteroatoms. The first kappa shape index (κ1) is 13.7. The van der Waals surface area contributed by atoms with Crippen molar-refractivity contribution in [2.24, 2.45) is 11.8 Å². The van der Waals surface area contributed by atoms with Crippen LogP contribution in [-0.2, 0) is 0 Å². The van der Waals surface area contributed by atoms with Gasteiger partial charge in [-0.2, -0.15) is 0 Å². The molecule has 1 aromatic carbocycles. The maximum absolute atomic E-state index is 13.7. The molecule has 1 saturated carbocycles. The second-order valence-corrected chi connectivity index (χ2v) is 5.33. The summed E-state index contributed by atoms with van der Waals surface area (Å²) in [5.41, 5.74) is -0.760. The summed E-state index contributed by atoms with van der Waals surface area (Å²) in [6.45, 7) is 4.21. The zero-order valence-electron chi connectivity index (χ0n) is 10.8. The Morgan fingerprint density at radius 1 is 1.37 bits per heavy atom. The monoisotopic (exact) mass is 270 g/mol. The smallest absolute Gasteiger partial charge is 0.295 e. The highest BCUT2D eigenvalue weighted by atomic mass is 19.2. The summed E-state index contributed by atoms with van der Waals surface area (Å²) in [7, 11) is 0. The molecule has 0 unspecified atom stereocenters. The van der Waals surface area contributed by atoms with E-state index >= 15 is 0 Å². The van der Waals surface area contributed by atoms with Crippen molar-refractivity contribution in [1.82, 2.24) is 0 Å². The Kier molecular flexibility index (Phi) is 3.68. The lowest BCUT2D eigenvalue weighted by atomic mass is 9.73. The Balaban J connectivity index is 2.16. The van der Waals surface area contributed by atoms with Crippen molar-refractivity contribution in [3.05, 3.63) is 33.9 Å². The van der Waals surface area contributed by atoms with E-state index in [0.29, 0.717) is 11.8 Å². The van der Waals surface area contributed by atoms with Gasteiger partial charge < -0.3 is 5.32 Å². The van der Waals surface area contributed by atoms with Gasteiger partial charge in [0.15, 0.2) is 17.3 Å².